The Balaban J connectivity index is 1.88. The maximum Gasteiger partial charge on any atom is 0.325 e. The van der Waals surface area contributed by atoms with Crippen LogP contribution in [-0.4, -0.2) is 31.6 Å². The van der Waals surface area contributed by atoms with Crippen molar-refractivity contribution in [2.75, 3.05) is 0 Å². The highest BCUT2D eigenvalue weighted by atomic mass is 16.3. The fourth-order valence-electron chi connectivity index (χ4n) is 2.53. The third kappa shape index (κ3) is 2.07. The zero-order valence-electron chi connectivity index (χ0n) is 12.6. The number of hydrogen-bond donors (Lipinski definition) is 1. The van der Waals surface area contributed by atoms with Crippen molar-refractivity contribution in [1.82, 2.24) is 25.0 Å². The summed E-state index contributed by atoms with van der Waals surface area (Å²) in [5.74, 6) is 0.589. The maximum absolute atomic E-state index is 12.7. The monoisotopic (exact) mass is 303 g/mol. The Kier molecular flexibility index (Phi) is 3.23. The molecule has 1 fully saturated rings. The number of nitrogens with zero attached hydrogens (tertiary/aromatic N) is 4. The number of imide groups is 1. The molecule has 1 aliphatic heterocycles. The number of nitrogens with one attached hydrogen (secondary N) is 1. The molecule has 0 aromatic carbocycles. The normalized spacial score (nSPS) is 21.7. The molecule has 3 amide bonds. The molecule has 22 heavy (non-hydrogen) atoms. The summed E-state index contributed by atoms with van der Waals surface area (Å²) in [4.78, 5) is 30.1. The molecule has 0 spiro atoms. The Bertz CT molecular complexity index is 706. The molecule has 0 aliphatic carbocycles. The average Bonchev–Trinajstić information content (AvgIpc) is 3.17. The summed E-state index contributed by atoms with van der Waals surface area (Å²) in [6.07, 6.45) is 2.89. The minimum Gasteiger partial charge on any atom is -0.466 e. The third-order valence-electron chi connectivity index (χ3n) is 3.72. The van der Waals surface area contributed by atoms with Gasteiger partial charge in [0.1, 0.15) is 17.9 Å². The minimum absolute atomic E-state index is 0.0686. The fraction of sp³-hybridized carbons (Fsp3) is 0.429. The molecule has 3 heterocycles. The molecule has 1 unspecified atom stereocenters. The lowest BCUT2D eigenvalue weighted by Gasteiger charge is -2.19. The SMILES string of the molecule is CC(C)n1ncnc1CN1C(=O)NC(C)(c2ccco2)C1=O. The van der Waals surface area contributed by atoms with Gasteiger partial charge in [-0.3, -0.25) is 9.69 Å². The number of hydrogen-bond acceptors (Lipinski definition) is 5. The second kappa shape index (κ2) is 4.97. The number of carbonyl (C=O) groups is 2. The first-order valence-electron chi connectivity index (χ1n) is 7.00. The van der Waals surface area contributed by atoms with Crippen molar-refractivity contribution in [3.8, 4) is 0 Å². The molecule has 8 heteroatoms. The summed E-state index contributed by atoms with van der Waals surface area (Å²) >= 11 is 0. The van der Waals surface area contributed by atoms with Crippen molar-refractivity contribution in [2.24, 2.45) is 0 Å². The van der Waals surface area contributed by atoms with Gasteiger partial charge in [0, 0.05) is 6.04 Å². The standard InChI is InChI=1S/C14H17N5O3/c1-9(2)19-11(15-8-16-19)7-18-12(20)14(3,17-13(18)21)10-5-4-6-22-10/h4-6,8-9H,7H2,1-3H3,(H,17,21). The Morgan fingerprint density at radius 2 is 2.18 bits per heavy atom. The minimum atomic E-state index is -1.19. The van der Waals surface area contributed by atoms with E-state index in [0.29, 0.717) is 11.6 Å². The van der Waals surface area contributed by atoms with Gasteiger partial charge in [-0.05, 0) is 32.9 Å². The van der Waals surface area contributed by atoms with Crippen LogP contribution in [0.4, 0.5) is 4.79 Å². The van der Waals surface area contributed by atoms with E-state index in [1.54, 1.807) is 23.7 Å². The molecular formula is C14H17N5O3. The summed E-state index contributed by atoms with van der Waals surface area (Å²) in [7, 11) is 0. The van der Waals surface area contributed by atoms with Crippen LogP contribution in [0.1, 0.15) is 38.4 Å². The molecule has 116 valence electrons. The van der Waals surface area contributed by atoms with Crippen molar-refractivity contribution in [1.29, 1.82) is 0 Å². The molecule has 1 aliphatic rings. The predicted octanol–water partition coefficient (Wildman–Crippen LogP) is 1.42. The van der Waals surface area contributed by atoms with Gasteiger partial charge < -0.3 is 9.73 Å². The van der Waals surface area contributed by atoms with E-state index in [9.17, 15) is 9.59 Å². The van der Waals surface area contributed by atoms with Gasteiger partial charge in [-0.1, -0.05) is 0 Å². The van der Waals surface area contributed by atoms with Crippen LogP contribution in [0.15, 0.2) is 29.1 Å². The number of urea groups is 1. The quantitative estimate of drug-likeness (QED) is 0.862. The van der Waals surface area contributed by atoms with Gasteiger partial charge in [0.15, 0.2) is 5.54 Å². The van der Waals surface area contributed by atoms with Gasteiger partial charge in [-0.25, -0.2) is 14.5 Å². The van der Waals surface area contributed by atoms with Crippen molar-refractivity contribution < 1.29 is 14.0 Å². The van der Waals surface area contributed by atoms with Gasteiger partial charge in [0.05, 0.1) is 12.8 Å². The first-order chi connectivity index (χ1) is 10.4. The average molecular weight is 303 g/mol. The van der Waals surface area contributed by atoms with E-state index in [1.165, 1.54) is 12.6 Å². The van der Waals surface area contributed by atoms with Crippen molar-refractivity contribution in [3.63, 3.8) is 0 Å². The van der Waals surface area contributed by atoms with Crippen LogP contribution in [0, 0.1) is 0 Å². The molecular weight excluding hydrogens is 286 g/mol. The lowest BCUT2D eigenvalue weighted by Crippen LogP contribution is -2.40. The largest absolute Gasteiger partial charge is 0.466 e. The number of furan rings is 1. The molecule has 2 aromatic rings. The van der Waals surface area contributed by atoms with Crippen LogP contribution in [0.5, 0.6) is 0 Å². The molecule has 0 saturated carbocycles. The highest BCUT2D eigenvalue weighted by Crippen LogP contribution is 2.29. The van der Waals surface area contributed by atoms with Gasteiger partial charge in [-0.15, -0.1) is 0 Å². The van der Waals surface area contributed by atoms with Gasteiger partial charge >= 0.3 is 6.03 Å². The van der Waals surface area contributed by atoms with E-state index in [4.69, 9.17) is 4.42 Å². The van der Waals surface area contributed by atoms with Gasteiger partial charge in [0.25, 0.3) is 5.91 Å². The lowest BCUT2D eigenvalue weighted by atomic mass is 9.99. The van der Waals surface area contributed by atoms with Crippen LogP contribution in [0.25, 0.3) is 0 Å². The van der Waals surface area contributed by atoms with Gasteiger partial charge in [-0.2, -0.15) is 5.10 Å². The van der Waals surface area contributed by atoms with Crippen LogP contribution in [-0.2, 0) is 16.9 Å². The lowest BCUT2D eigenvalue weighted by molar-refractivity contribution is -0.132. The summed E-state index contributed by atoms with van der Waals surface area (Å²) in [5, 5.41) is 6.79. The van der Waals surface area contributed by atoms with E-state index < -0.39 is 11.6 Å². The van der Waals surface area contributed by atoms with Crippen LogP contribution < -0.4 is 5.32 Å². The molecule has 0 radical (unpaired) electrons. The maximum atomic E-state index is 12.7. The topological polar surface area (TPSA) is 93.3 Å². The van der Waals surface area contributed by atoms with E-state index in [2.05, 4.69) is 15.4 Å². The zero-order valence-corrected chi connectivity index (χ0v) is 12.6. The smallest absolute Gasteiger partial charge is 0.325 e. The summed E-state index contributed by atoms with van der Waals surface area (Å²) in [6.45, 7) is 5.60. The summed E-state index contributed by atoms with van der Waals surface area (Å²) in [6, 6.07) is 2.97. The summed E-state index contributed by atoms with van der Waals surface area (Å²) in [5.41, 5.74) is -1.19. The summed E-state index contributed by atoms with van der Waals surface area (Å²) < 4.78 is 6.97. The molecule has 8 nitrogen and oxygen atoms in total. The second-order valence-corrected chi connectivity index (χ2v) is 5.64. The fourth-order valence-corrected chi connectivity index (χ4v) is 2.53. The Hall–Kier alpha value is -2.64. The van der Waals surface area contributed by atoms with E-state index in [1.807, 2.05) is 13.8 Å². The van der Waals surface area contributed by atoms with Crippen molar-refractivity contribution in [3.05, 3.63) is 36.3 Å². The van der Waals surface area contributed by atoms with Crippen LogP contribution in [0.2, 0.25) is 0 Å². The number of aromatic nitrogens is 3. The molecule has 1 N–H and O–H groups in total. The van der Waals surface area contributed by atoms with E-state index >= 15 is 0 Å². The number of amides is 3. The Labute approximate surface area is 127 Å². The first kappa shape index (κ1) is 14.3. The predicted molar refractivity (Wildman–Crippen MR) is 75.5 cm³/mol. The zero-order chi connectivity index (χ0) is 15.9. The third-order valence-corrected chi connectivity index (χ3v) is 3.72. The van der Waals surface area contributed by atoms with Crippen molar-refractivity contribution >= 4 is 11.9 Å². The number of carbonyl (C=O) groups excluding carboxylic acids is 2. The van der Waals surface area contributed by atoms with Crippen LogP contribution >= 0.6 is 0 Å². The highest BCUT2D eigenvalue weighted by molar-refractivity contribution is 6.06. The molecule has 1 saturated heterocycles. The molecule has 3 rings (SSSR count). The van der Waals surface area contributed by atoms with Crippen molar-refractivity contribution in [2.45, 2.75) is 38.9 Å². The Morgan fingerprint density at radius 1 is 1.41 bits per heavy atom. The van der Waals surface area contributed by atoms with E-state index in [0.717, 1.165) is 4.90 Å². The molecule has 2 aromatic heterocycles. The van der Waals surface area contributed by atoms with Gasteiger partial charge in [0.2, 0.25) is 0 Å². The highest BCUT2D eigenvalue weighted by Gasteiger charge is 2.51. The number of rotatable bonds is 4. The molecule has 1 atom stereocenters. The van der Waals surface area contributed by atoms with Crippen LogP contribution in [0.3, 0.4) is 0 Å². The van der Waals surface area contributed by atoms with E-state index in [-0.39, 0.29) is 18.5 Å². The molecule has 0 bridgehead atoms. The Morgan fingerprint density at radius 3 is 2.82 bits per heavy atom. The first-order valence-corrected chi connectivity index (χ1v) is 7.00. The second-order valence-electron chi connectivity index (χ2n) is 5.64.